The Kier molecular flexibility index (Phi) is 4.75. The van der Waals surface area contributed by atoms with Gasteiger partial charge >= 0.3 is 11.9 Å². The molecule has 0 amide bonds. The molecule has 0 radical (unpaired) electrons. The molecule has 1 fully saturated rings. The van der Waals surface area contributed by atoms with Crippen LogP contribution in [0.25, 0.3) is 32.9 Å². The lowest BCUT2D eigenvalue weighted by atomic mass is 10.0. The number of carbonyl (C=O) groups is 2. The smallest absolute Gasteiger partial charge is 0.347 e. The van der Waals surface area contributed by atoms with Gasteiger partial charge < -0.3 is 14.2 Å². The lowest BCUT2D eigenvalue weighted by Gasteiger charge is -2.12. The molecule has 1 aliphatic heterocycles. The minimum atomic E-state index is -0.862. The van der Waals surface area contributed by atoms with E-state index < -0.39 is 18.0 Å². The fraction of sp³-hybridized carbons (Fsp3) is 0.160. The highest BCUT2D eigenvalue weighted by molar-refractivity contribution is 6.05. The van der Waals surface area contributed by atoms with Crippen LogP contribution >= 0.6 is 0 Å². The van der Waals surface area contributed by atoms with E-state index in [1.807, 2.05) is 60.7 Å². The molecule has 4 aromatic rings. The van der Waals surface area contributed by atoms with Gasteiger partial charge in [-0.15, -0.1) is 0 Å². The molecule has 0 bridgehead atoms. The summed E-state index contributed by atoms with van der Waals surface area (Å²) < 4.78 is 15.6. The van der Waals surface area contributed by atoms with E-state index in [1.54, 1.807) is 13.2 Å². The third-order valence-electron chi connectivity index (χ3n) is 5.42. The minimum Gasteiger partial charge on any atom is -0.497 e. The minimum absolute atomic E-state index is 0.265. The molecule has 6 nitrogen and oxygen atoms in total. The predicted octanol–water partition coefficient (Wildman–Crippen LogP) is 4.54. The highest BCUT2D eigenvalue weighted by Crippen LogP contribution is 2.29. The van der Waals surface area contributed by atoms with Crippen molar-refractivity contribution in [1.82, 2.24) is 4.98 Å². The summed E-state index contributed by atoms with van der Waals surface area (Å²) in [5.74, 6) is -0.273. The zero-order valence-corrected chi connectivity index (χ0v) is 16.8. The number of pyridine rings is 1. The summed E-state index contributed by atoms with van der Waals surface area (Å²) in [6.07, 6.45) is -0.493. The maximum atomic E-state index is 13.0. The van der Waals surface area contributed by atoms with Gasteiger partial charge in [-0.3, -0.25) is 0 Å². The average molecular weight is 413 g/mol. The van der Waals surface area contributed by atoms with Crippen molar-refractivity contribution in [3.8, 4) is 17.0 Å². The second kappa shape index (κ2) is 7.72. The first kappa shape index (κ1) is 19.1. The van der Waals surface area contributed by atoms with Crippen molar-refractivity contribution in [1.29, 1.82) is 0 Å². The first-order valence-electron chi connectivity index (χ1n) is 9.98. The largest absolute Gasteiger partial charge is 0.497 e. The molecule has 31 heavy (non-hydrogen) atoms. The number of rotatable bonds is 4. The SMILES string of the molecule is COc1ccc2cc(-c3cc(C(=O)OC4CCOC4=O)c4ccccc4n3)ccc2c1. The maximum absolute atomic E-state index is 13.0. The lowest BCUT2D eigenvalue weighted by molar-refractivity contribution is -0.145. The Morgan fingerprint density at radius 2 is 1.84 bits per heavy atom. The number of carbonyl (C=O) groups excluding carboxylic acids is 2. The lowest BCUT2D eigenvalue weighted by Crippen LogP contribution is -2.23. The number of methoxy groups -OCH3 is 1. The third kappa shape index (κ3) is 3.57. The fourth-order valence-corrected chi connectivity index (χ4v) is 3.78. The van der Waals surface area contributed by atoms with Crippen molar-refractivity contribution in [2.45, 2.75) is 12.5 Å². The molecule has 0 aliphatic carbocycles. The Morgan fingerprint density at radius 1 is 1.03 bits per heavy atom. The standard InChI is InChI=1S/C25H19NO5/c1-29-18-9-8-15-12-17(7-6-16(15)13-18)22-14-20(19-4-2-3-5-21(19)26-22)24(27)31-23-10-11-30-25(23)28/h2-9,12-14,23H,10-11H2,1H3. The fourth-order valence-electron chi connectivity index (χ4n) is 3.78. The van der Waals surface area contributed by atoms with Gasteiger partial charge in [0, 0.05) is 17.4 Å². The summed E-state index contributed by atoms with van der Waals surface area (Å²) in [5.41, 5.74) is 2.57. The third-order valence-corrected chi connectivity index (χ3v) is 5.42. The van der Waals surface area contributed by atoms with Gasteiger partial charge in [0.2, 0.25) is 6.10 Å². The molecule has 1 saturated heterocycles. The Morgan fingerprint density at radius 3 is 2.65 bits per heavy atom. The van der Waals surface area contributed by atoms with E-state index in [0.29, 0.717) is 28.6 Å². The number of benzene rings is 3. The van der Waals surface area contributed by atoms with Crippen LogP contribution in [-0.4, -0.2) is 36.7 Å². The molecular formula is C25H19NO5. The molecule has 0 spiro atoms. The number of para-hydroxylation sites is 1. The number of aromatic nitrogens is 1. The zero-order chi connectivity index (χ0) is 21.4. The van der Waals surface area contributed by atoms with Gasteiger partial charge in [0.1, 0.15) is 5.75 Å². The number of ether oxygens (including phenoxy) is 3. The Hall–Kier alpha value is -3.93. The summed E-state index contributed by atoms with van der Waals surface area (Å²) >= 11 is 0. The molecule has 3 aromatic carbocycles. The molecule has 0 saturated carbocycles. The van der Waals surface area contributed by atoms with Crippen LogP contribution in [0.15, 0.2) is 66.7 Å². The van der Waals surface area contributed by atoms with E-state index in [-0.39, 0.29) is 6.61 Å². The van der Waals surface area contributed by atoms with Gasteiger partial charge in [-0.05, 0) is 41.1 Å². The Balaban J connectivity index is 1.58. The van der Waals surface area contributed by atoms with Crippen LogP contribution < -0.4 is 4.74 Å². The predicted molar refractivity (Wildman–Crippen MR) is 116 cm³/mol. The summed E-state index contributed by atoms with van der Waals surface area (Å²) in [6.45, 7) is 0.265. The van der Waals surface area contributed by atoms with E-state index in [4.69, 9.17) is 19.2 Å². The van der Waals surface area contributed by atoms with E-state index >= 15 is 0 Å². The van der Waals surface area contributed by atoms with Gasteiger partial charge in [0.05, 0.1) is 30.5 Å². The van der Waals surface area contributed by atoms with Crippen molar-refractivity contribution < 1.29 is 23.8 Å². The molecule has 5 rings (SSSR count). The molecule has 1 atom stereocenters. The van der Waals surface area contributed by atoms with Gasteiger partial charge in [-0.2, -0.15) is 0 Å². The molecule has 1 unspecified atom stereocenters. The topological polar surface area (TPSA) is 74.7 Å². The first-order valence-corrected chi connectivity index (χ1v) is 9.98. The molecule has 154 valence electrons. The van der Waals surface area contributed by atoms with Crippen molar-refractivity contribution in [3.63, 3.8) is 0 Å². The van der Waals surface area contributed by atoms with Gasteiger partial charge in [-0.1, -0.05) is 36.4 Å². The summed E-state index contributed by atoms with van der Waals surface area (Å²) in [6, 6.07) is 20.9. The number of hydrogen-bond acceptors (Lipinski definition) is 6. The zero-order valence-electron chi connectivity index (χ0n) is 16.8. The van der Waals surface area contributed by atoms with E-state index in [0.717, 1.165) is 22.1 Å². The van der Waals surface area contributed by atoms with Gasteiger partial charge in [-0.25, -0.2) is 14.6 Å². The van der Waals surface area contributed by atoms with Crippen LogP contribution in [-0.2, 0) is 14.3 Å². The first-order chi connectivity index (χ1) is 15.1. The van der Waals surface area contributed by atoms with E-state index in [9.17, 15) is 9.59 Å². The average Bonchev–Trinajstić information content (AvgIpc) is 3.21. The molecule has 1 aliphatic rings. The van der Waals surface area contributed by atoms with Gasteiger partial charge in [0.25, 0.3) is 0 Å². The van der Waals surface area contributed by atoms with E-state index in [2.05, 4.69) is 0 Å². The second-order valence-electron chi connectivity index (χ2n) is 7.35. The number of nitrogens with zero attached hydrogens (tertiary/aromatic N) is 1. The number of esters is 2. The summed E-state index contributed by atoms with van der Waals surface area (Å²) in [7, 11) is 1.64. The Bertz CT molecular complexity index is 1330. The van der Waals surface area contributed by atoms with E-state index in [1.165, 1.54) is 0 Å². The van der Waals surface area contributed by atoms with Crippen LogP contribution in [0, 0.1) is 0 Å². The van der Waals surface area contributed by atoms with Crippen LogP contribution in [0.3, 0.4) is 0 Å². The normalized spacial score (nSPS) is 15.8. The van der Waals surface area contributed by atoms with Crippen LogP contribution in [0.1, 0.15) is 16.8 Å². The van der Waals surface area contributed by atoms with Crippen molar-refractivity contribution in [2.75, 3.05) is 13.7 Å². The van der Waals surface area contributed by atoms with Crippen LogP contribution in [0.4, 0.5) is 0 Å². The second-order valence-corrected chi connectivity index (χ2v) is 7.35. The highest BCUT2D eigenvalue weighted by Gasteiger charge is 2.31. The molecule has 6 heteroatoms. The maximum Gasteiger partial charge on any atom is 0.347 e. The monoisotopic (exact) mass is 413 g/mol. The summed E-state index contributed by atoms with van der Waals surface area (Å²) in [4.78, 5) is 29.4. The molecular weight excluding hydrogens is 394 g/mol. The highest BCUT2D eigenvalue weighted by atomic mass is 16.6. The van der Waals surface area contributed by atoms with Gasteiger partial charge in [0.15, 0.2) is 0 Å². The molecule has 0 N–H and O–H groups in total. The van der Waals surface area contributed by atoms with Crippen LogP contribution in [0.2, 0.25) is 0 Å². The number of fused-ring (bicyclic) bond motifs is 2. The number of hydrogen-bond donors (Lipinski definition) is 0. The molecule has 1 aromatic heterocycles. The van der Waals surface area contributed by atoms with Crippen molar-refractivity contribution >= 4 is 33.6 Å². The molecule has 2 heterocycles. The summed E-state index contributed by atoms with van der Waals surface area (Å²) in [5, 5.41) is 2.75. The number of cyclic esters (lactones) is 1. The quantitative estimate of drug-likeness (QED) is 0.458. The van der Waals surface area contributed by atoms with Crippen LogP contribution in [0.5, 0.6) is 5.75 Å². The van der Waals surface area contributed by atoms with Crippen molar-refractivity contribution in [3.05, 3.63) is 72.3 Å². The van der Waals surface area contributed by atoms with Crippen molar-refractivity contribution in [2.24, 2.45) is 0 Å². The Labute approximate surface area is 178 Å².